The van der Waals surface area contributed by atoms with E-state index in [0.717, 1.165) is 95.2 Å². The van der Waals surface area contributed by atoms with Gasteiger partial charge < -0.3 is 25.0 Å². The predicted molar refractivity (Wildman–Crippen MR) is 219 cm³/mol. The highest BCUT2D eigenvalue weighted by Crippen LogP contribution is 2.57. The Labute approximate surface area is 371 Å². The summed E-state index contributed by atoms with van der Waals surface area (Å²) in [6.07, 6.45) is 6.85. The minimum atomic E-state index is -5.08. The topological polar surface area (TPSA) is 225 Å². The van der Waals surface area contributed by atoms with Gasteiger partial charge in [0.25, 0.3) is 11.8 Å². The summed E-state index contributed by atoms with van der Waals surface area (Å²) in [5, 5.41) is 30.3. The van der Waals surface area contributed by atoms with E-state index in [1.54, 1.807) is 27.9 Å². The maximum Gasteiger partial charge on any atom is 0.490 e. The summed E-state index contributed by atoms with van der Waals surface area (Å²) in [5.74, 6) is -8.67. The number of amides is 4. The number of aliphatic carboxylic acids is 1. The van der Waals surface area contributed by atoms with Crippen LogP contribution >= 0.6 is 0 Å². The molecule has 5 aliphatic rings. The van der Waals surface area contributed by atoms with Crippen LogP contribution in [-0.4, -0.2) is 121 Å². The Bertz CT molecular complexity index is 2640. The van der Waals surface area contributed by atoms with Crippen molar-refractivity contribution < 1.29 is 60.3 Å². The van der Waals surface area contributed by atoms with Gasteiger partial charge in [0, 0.05) is 63.5 Å². The summed E-state index contributed by atoms with van der Waals surface area (Å²) in [6.45, 7) is 4.73. The van der Waals surface area contributed by atoms with Crippen LogP contribution < -0.4 is 20.4 Å². The molecule has 4 amide bonds. The quantitative estimate of drug-likeness (QED) is 0.0994. The van der Waals surface area contributed by atoms with Crippen LogP contribution in [-0.2, 0) is 21.4 Å². The molecule has 350 valence electrons. The van der Waals surface area contributed by atoms with Crippen LogP contribution in [0.15, 0.2) is 47.4 Å². The molecule has 2 aliphatic heterocycles. The summed E-state index contributed by atoms with van der Waals surface area (Å²) >= 11 is 0. The predicted octanol–water partition coefficient (Wildman–Crippen LogP) is 5.15. The number of hydrogen-bond acceptors (Lipinski definition) is 13. The van der Waals surface area contributed by atoms with Gasteiger partial charge in [-0.25, -0.2) is 32.9 Å². The van der Waals surface area contributed by atoms with Gasteiger partial charge in [0.2, 0.25) is 17.7 Å². The van der Waals surface area contributed by atoms with Crippen molar-refractivity contribution in [3.05, 3.63) is 77.3 Å². The third-order valence-corrected chi connectivity index (χ3v) is 12.9. The third kappa shape index (κ3) is 9.44. The standard InChI is InChI=1S/C40H42F3N11O5.C2HF3O2/c41-26-20-25(31(42)32(43)33(26)56)34(57)45-23-39-7-10-40(11-8-39,12-9-39)36-49-35(59-50-36)27-5-13-44-37(47-27)52-18-16-51(17-19-52)14-1-2-24-3-4-28-29(21-46-54(28)22-24)53-15-6-30(55)48-38(53)58;3-2(4,5)1(6)7/h3-5,13,20-22,56H,1-2,6-12,14-19,23H2,(H,45,57)(H,48,55,58);(H,6,7). The summed E-state index contributed by atoms with van der Waals surface area (Å²) < 4.78 is 81.2. The first-order chi connectivity index (χ1) is 31.4. The van der Waals surface area contributed by atoms with Crippen molar-refractivity contribution in [1.29, 1.82) is 0 Å². The van der Waals surface area contributed by atoms with E-state index in [0.29, 0.717) is 41.7 Å². The molecule has 4 N–H and O–H groups in total. The molecule has 5 fully saturated rings. The van der Waals surface area contributed by atoms with Crippen LogP contribution in [0.3, 0.4) is 0 Å². The molecule has 0 atom stereocenters. The minimum absolute atomic E-state index is 0.223. The van der Waals surface area contributed by atoms with Crippen LogP contribution in [0.2, 0.25) is 0 Å². The lowest BCUT2D eigenvalue weighted by Gasteiger charge is -2.52. The number of imide groups is 1. The molecule has 2 bridgehead atoms. The number of aromatic nitrogens is 6. The van der Waals surface area contributed by atoms with E-state index >= 15 is 0 Å². The van der Waals surface area contributed by atoms with E-state index in [1.807, 2.05) is 12.3 Å². The number of nitrogens with zero attached hydrogens (tertiary/aromatic N) is 9. The van der Waals surface area contributed by atoms with E-state index < -0.39 is 52.8 Å². The fourth-order valence-corrected chi connectivity index (χ4v) is 8.98. The number of carboxylic acids is 1. The third-order valence-electron chi connectivity index (χ3n) is 12.9. The zero-order valence-electron chi connectivity index (χ0n) is 35.1. The van der Waals surface area contributed by atoms with Crippen molar-refractivity contribution >= 4 is 41.0 Å². The van der Waals surface area contributed by atoms with Gasteiger partial charge in [-0.1, -0.05) is 11.2 Å². The Balaban J connectivity index is 0.000000785. The second kappa shape index (κ2) is 18.2. The molecule has 0 unspecified atom stereocenters. The number of aryl methyl sites for hydroxylation is 1. The van der Waals surface area contributed by atoms with Crippen LogP contribution in [0.5, 0.6) is 5.75 Å². The molecule has 3 saturated carbocycles. The maximum atomic E-state index is 14.3. The van der Waals surface area contributed by atoms with Crippen molar-refractivity contribution in [1.82, 2.24) is 45.3 Å². The Kier molecular flexibility index (Phi) is 12.6. The molecule has 24 heteroatoms. The molecular formula is C42H43F6N11O7. The van der Waals surface area contributed by atoms with Gasteiger partial charge >= 0.3 is 18.2 Å². The normalized spacial score (nSPS) is 21.1. The van der Waals surface area contributed by atoms with Crippen LogP contribution in [0, 0.1) is 22.9 Å². The fraction of sp³-hybridized carbons (Fsp3) is 0.452. The lowest BCUT2D eigenvalue weighted by molar-refractivity contribution is -0.192. The first kappa shape index (κ1) is 45.7. The number of carboxylic acid groups (broad SMARTS) is 1. The SMILES string of the molecule is O=C(O)C(F)(F)F.O=C1CCN(c2cnn3cc(CCCN4CCN(c5nccc(-c6nc(C78CCC(CNC(=O)c9cc(F)c(O)c(F)c9F)(CC7)CC8)no6)n5)CC4)ccc23)C(=O)N1. The smallest absolute Gasteiger partial charge is 0.490 e. The average Bonchev–Trinajstić information content (AvgIpc) is 3.99. The number of carbonyl (C=O) groups is 4. The first-order valence-electron chi connectivity index (χ1n) is 21.1. The first-order valence-corrected chi connectivity index (χ1v) is 21.1. The number of benzene rings is 1. The zero-order chi connectivity index (χ0) is 47.0. The molecule has 3 aliphatic carbocycles. The summed E-state index contributed by atoms with van der Waals surface area (Å²) in [6, 6.07) is 5.86. The van der Waals surface area contributed by atoms with Gasteiger partial charge in [0.15, 0.2) is 23.2 Å². The molecule has 0 radical (unpaired) electrons. The Morgan fingerprint density at radius 2 is 1.65 bits per heavy atom. The molecule has 10 rings (SSSR count). The largest absolute Gasteiger partial charge is 0.503 e. The van der Waals surface area contributed by atoms with Crippen molar-refractivity contribution in [2.24, 2.45) is 5.41 Å². The van der Waals surface area contributed by atoms with Gasteiger partial charge in [-0.15, -0.1) is 0 Å². The molecular weight excluding hydrogens is 885 g/mol. The average molecular weight is 928 g/mol. The molecule has 4 aromatic heterocycles. The highest BCUT2D eigenvalue weighted by molar-refractivity contribution is 6.07. The van der Waals surface area contributed by atoms with Crippen LogP contribution in [0.25, 0.3) is 17.1 Å². The number of aromatic hydroxyl groups is 1. The molecule has 6 heterocycles. The number of carbonyl (C=O) groups excluding carboxylic acids is 3. The number of urea groups is 1. The van der Waals surface area contributed by atoms with Crippen molar-refractivity contribution in [3.63, 3.8) is 0 Å². The van der Waals surface area contributed by atoms with Crippen LogP contribution in [0.1, 0.15) is 73.1 Å². The van der Waals surface area contributed by atoms with Gasteiger partial charge in [-0.2, -0.15) is 27.6 Å². The minimum Gasteiger partial charge on any atom is -0.503 e. The number of hydrogen-bond donors (Lipinski definition) is 4. The van der Waals surface area contributed by atoms with Crippen LogP contribution in [0.4, 0.5) is 42.8 Å². The second-order valence-electron chi connectivity index (χ2n) is 16.9. The Morgan fingerprint density at radius 3 is 2.33 bits per heavy atom. The van der Waals surface area contributed by atoms with E-state index in [4.69, 9.17) is 24.4 Å². The number of phenols is 1. The summed E-state index contributed by atoms with van der Waals surface area (Å²) in [5.41, 5.74) is 1.84. The van der Waals surface area contributed by atoms with E-state index in [2.05, 4.69) is 41.7 Å². The second-order valence-corrected chi connectivity index (χ2v) is 16.9. The van der Waals surface area contributed by atoms with E-state index in [9.17, 15) is 45.8 Å². The number of piperazine rings is 1. The highest BCUT2D eigenvalue weighted by Gasteiger charge is 2.52. The maximum absolute atomic E-state index is 14.3. The van der Waals surface area contributed by atoms with E-state index in [1.165, 1.54) is 0 Å². The molecule has 1 aromatic carbocycles. The monoisotopic (exact) mass is 927 g/mol. The lowest BCUT2D eigenvalue weighted by atomic mass is 9.53. The van der Waals surface area contributed by atoms with Gasteiger partial charge in [0.1, 0.15) is 5.69 Å². The number of phenolic OH excluding ortho intramolecular Hbond substituents is 1. The number of alkyl halides is 3. The number of halogens is 6. The number of rotatable bonds is 11. The lowest BCUT2D eigenvalue weighted by Crippen LogP contribution is -2.49. The van der Waals surface area contributed by atoms with E-state index in [-0.39, 0.29) is 29.7 Å². The molecule has 0 spiro atoms. The molecule has 2 saturated heterocycles. The van der Waals surface area contributed by atoms with Gasteiger partial charge in [0.05, 0.1) is 23.0 Å². The molecule has 66 heavy (non-hydrogen) atoms. The summed E-state index contributed by atoms with van der Waals surface area (Å²) in [7, 11) is 0. The Hall–Kier alpha value is -6.85. The highest BCUT2D eigenvalue weighted by atomic mass is 19.4. The zero-order valence-corrected chi connectivity index (χ0v) is 35.1. The summed E-state index contributed by atoms with van der Waals surface area (Å²) in [4.78, 5) is 65.8. The van der Waals surface area contributed by atoms with Crippen molar-refractivity contribution in [3.8, 4) is 17.3 Å². The molecule has 18 nitrogen and oxygen atoms in total. The van der Waals surface area contributed by atoms with Gasteiger partial charge in [-0.3, -0.25) is 24.7 Å². The Morgan fingerprint density at radius 1 is 0.939 bits per heavy atom. The molecule has 5 aromatic rings. The fourth-order valence-electron chi connectivity index (χ4n) is 8.98. The number of fused-ring (bicyclic) bond motifs is 4. The van der Waals surface area contributed by atoms with Gasteiger partial charge in [-0.05, 0) is 87.1 Å². The number of anilines is 2. The number of nitrogens with one attached hydrogen (secondary N) is 2. The van der Waals surface area contributed by atoms with Crippen molar-refractivity contribution in [2.45, 2.75) is 69.4 Å². The van der Waals surface area contributed by atoms with Crippen molar-refractivity contribution in [2.75, 3.05) is 55.6 Å². The number of pyridine rings is 1.